The highest BCUT2D eigenvalue weighted by Gasteiger charge is 2.62. The monoisotopic (exact) mass is 676 g/mol. The van der Waals surface area contributed by atoms with Crippen molar-refractivity contribution in [1.82, 2.24) is 19.6 Å². The van der Waals surface area contributed by atoms with Crippen LogP contribution in [-0.4, -0.2) is 85.4 Å². The Bertz CT molecular complexity index is 1690. The zero-order valence-electron chi connectivity index (χ0n) is 24.5. The van der Waals surface area contributed by atoms with E-state index in [1.54, 1.807) is 29.2 Å². The van der Waals surface area contributed by atoms with E-state index in [-0.39, 0.29) is 44.3 Å². The predicted octanol–water partition coefficient (Wildman–Crippen LogP) is 4.32. The van der Waals surface area contributed by atoms with Crippen molar-refractivity contribution < 1.29 is 41.1 Å². The molecule has 2 unspecified atom stereocenters. The van der Waals surface area contributed by atoms with Crippen LogP contribution < -0.4 is 10.2 Å². The highest BCUT2D eigenvalue weighted by Crippen LogP contribution is 2.44. The summed E-state index contributed by atoms with van der Waals surface area (Å²) in [4.78, 5) is 35.3. The quantitative estimate of drug-likeness (QED) is 0.353. The summed E-state index contributed by atoms with van der Waals surface area (Å²) in [7, 11) is -4.70. The zero-order chi connectivity index (χ0) is 32.5. The number of hydrogen-bond donors (Lipinski definition) is 1. The Morgan fingerprint density at radius 2 is 1.67 bits per heavy atom. The SMILES string of the molecule is O=C(N1CCOCC1)N1CC2CCC(C(=O)NOCc3ccccc3)(C1)N2S(=O)(=O)c1cc(F)c(Oc2ccc(Cl)cc2)c(F)c1. The number of hydrogen-bond acceptors (Lipinski definition) is 7. The number of morpholine rings is 1. The van der Waals surface area contributed by atoms with Gasteiger partial charge in [-0.05, 0) is 54.8 Å². The number of hydroxylamine groups is 1. The van der Waals surface area contributed by atoms with Gasteiger partial charge in [-0.3, -0.25) is 9.63 Å². The van der Waals surface area contributed by atoms with Crippen LogP contribution >= 0.6 is 11.6 Å². The molecule has 0 aliphatic carbocycles. The van der Waals surface area contributed by atoms with Gasteiger partial charge in [0, 0.05) is 30.7 Å². The van der Waals surface area contributed by atoms with Crippen molar-refractivity contribution in [1.29, 1.82) is 0 Å². The molecule has 3 amide bonds. The number of carbonyl (C=O) groups is 2. The van der Waals surface area contributed by atoms with Gasteiger partial charge >= 0.3 is 6.03 Å². The zero-order valence-corrected chi connectivity index (χ0v) is 26.1. The average molecular weight is 677 g/mol. The van der Waals surface area contributed by atoms with Gasteiger partial charge in [0.05, 0.1) is 31.3 Å². The number of fused-ring (bicyclic) bond motifs is 2. The Morgan fingerprint density at radius 3 is 2.35 bits per heavy atom. The molecule has 0 aromatic heterocycles. The molecule has 15 heteroatoms. The number of carbonyl (C=O) groups excluding carboxylic acids is 2. The Morgan fingerprint density at radius 1 is 1.00 bits per heavy atom. The third kappa shape index (κ3) is 6.27. The molecule has 3 aliphatic heterocycles. The number of amides is 3. The highest BCUT2D eigenvalue weighted by atomic mass is 35.5. The predicted molar refractivity (Wildman–Crippen MR) is 161 cm³/mol. The van der Waals surface area contributed by atoms with E-state index in [0.717, 1.165) is 9.87 Å². The minimum absolute atomic E-state index is 0.000759. The largest absolute Gasteiger partial charge is 0.451 e. The summed E-state index contributed by atoms with van der Waals surface area (Å²) in [5.41, 5.74) is 1.33. The molecule has 11 nitrogen and oxygen atoms in total. The van der Waals surface area contributed by atoms with Crippen LogP contribution in [0.15, 0.2) is 71.6 Å². The van der Waals surface area contributed by atoms with E-state index in [4.69, 9.17) is 25.9 Å². The number of nitrogens with one attached hydrogen (secondary N) is 1. The highest BCUT2D eigenvalue weighted by molar-refractivity contribution is 7.89. The van der Waals surface area contributed by atoms with E-state index in [1.165, 1.54) is 29.2 Å². The van der Waals surface area contributed by atoms with Crippen molar-refractivity contribution in [3.8, 4) is 11.5 Å². The summed E-state index contributed by atoms with van der Waals surface area (Å²) in [6.07, 6.45) is 0.272. The lowest BCUT2D eigenvalue weighted by Gasteiger charge is -2.47. The van der Waals surface area contributed by atoms with Gasteiger partial charge < -0.3 is 19.3 Å². The van der Waals surface area contributed by atoms with Gasteiger partial charge in [-0.1, -0.05) is 41.9 Å². The molecule has 3 heterocycles. The molecule has 0 spiro atoms. The van der Waals surface area contributed by atoms with Crippen LogP contribution in [-0.2, 0) is 31.0 Å². The lowest BCUT2D eigenvalue weighted by atomic mass is 9.96. The van der Waals surface area contributed by atoms with Crippen LogP contribution in [0.4, 0.5) is 13.6 Å². The number of rotatable bonds is 8. The molecule has 3 aliphatic rings. The summed E-state index contributed by atoms with van der Waals surface area (Å²) in [5, 5.41) is 0.388. The third-order valence-corrected chi connectivity index (χ3v) is 10.6. The minimum Gasteiger partial charge on any atom is -0.451 e. The van der Waals surface area contributed by atoms with E-state index < -0.39 is 49.8 Å². The van der Waals surface area contributed by atoms with Crippen LogP contribution in [0.3, 0.4) is 0 Å². The van der Waals surface area contributed by atoms with Crippen LogP contribution in [0.1, 0.15) is 18.4 Å². The van der Waals surface area contributed by atoms with E-state index in [1.807, 2.05) is 6.07 Å². The molecule has 3 saturated heterocycles. The van der Waals surface area contributed by atoms with Crippen LogP contribution in [0.5, 0.6) is 11.5 Å². The smallest absolute Gasteiger partial charge is 0.320 e. The molecule has 3 fully saturated rings. The van der Waals surface area contributed by atoms with Gasteiger partial charge in [0.2, 0.25) is 10.0 Å². The second-order valence-electron chi connectivity index (χ2n) is 11.3. The van der Waals surface area contributed by atoms with Gasteiger partial charge in [0.15, 0.2) is 17.4 Å². The van der Waals surface area contributed by atoms with E-state index in [9.17, 15) is 18.0 Å². The standard InChI is InChI=1S/C31H31ClF2N4O7S/c32-22-6-8-24(9-7-22)45-28-26(33)16-25(17-27(28)34)46(41,42)38-23-10-11-31(38,29(39)35-44-19-21-4-2-1-3-5-21)20-37(18-23)30(40)36-12-14-43-15-13-36/h1-9,16-17,23H,10-15,18-20H2,(H,35,39). The minimum atomic E-state index is -4.70. The van der Waals surface area contributed by atoms with Crippen molar-refractivity contribution in [2.45, 2.75) is 35.9 Å². The number of benzene rings is 3. The number of piperazine rings is 1. The molecule has 3 aromatic rings. The summed E-state index contributed by atoms with van der Waals surface area (Å²) in [5.74, 6) is -4.02. The summed E-state index contributed by atoms with van der Waals surface area (Å²) < 4.78 is 70.7. The van der Waals surface area contributed by atoms with Crippen molar-refractivity contribution in [2.24, 2.45) is 0 Å². The van der Waals surface area contributed by atoms with Crippen molar-refractivity contribution in [3.05, 3.63) is 89.0 Å². The summed E-state index contributed by atoms with van der Waals surface area (Å²) >= 11 is 5.87. The molecule has 0 saturated carbocycles. The van der Waals surface area contributed by atoms with Gasteiger partial charge in [0.25, 0.3) is 5.91 Å². The van der Waals surface area contributed by atoms with E-state index in [2.05, 4.69) is 5.48 Å². The Balaban J connectivity index is 1.30. The number of sulfonamides is 1. The summed E-state index contributed by atoms with van der Waals surface area (Å²) in [6, 6.07) is 14.9. The normalized spacial score (nSPS) is 21.7. The van der Waals surface area contributed by atoms with Gasteiger partial charge in [-0.2, -0.15) is 4.31 Å². The number of likely N-dealkylation sites (tertiary alicyclic amines) is 1. The lowest BCUT2D eigenvalue weighted by molar-refractivity contribution is -0.146. The maximum absolute atomic E-state index is 15.3. The fraction of sp³-hybridized carbons (Fsp3) is 0.355. The molecule has 2 atom stereocenters. The Hall–Kier alpha value is -3.82. The summed E-state index contributed by atoms with van der Waals surface area (Å²) in [6.45, 7) is 1.12. The first-order chi connectivity index (χ1) is 22.1. The first kappa shape index (κ1) is 32.1. The topological polar surface area (TPSA) is 118 Å². The molecule has 3 aromatic carbocycles. The number of urea groups is 1. The van der Waals surface area contributed by atoms with Crippen LogP contribution in [0, 0.1) is 11.6 Å². The first-order valence-corrected chi connectivity index (χ1v) is 16.4. The molecule has 1 N–H and O–H groups in total. The van der Waals surface area contributed by atoms with E-state index in [0.29, 0.717) is 43.5 Å². The Kier molecular flexibility index (Phi) is 9.17. The first-order valence-electron chi connectivity index (χ1n) is 14.6. The average Bonchev–Trinajstić information content (AvgIpc) is 3.32. The van der Waals surface area contributed by atoms with Crippen LogP contribution in [0.25, 0.3) is 0 Å². The van der Waals surface area contributed by atoms with Gasteiger partial charge in [-0.15, -0.1) is 0 Å². The molecule has 46 heavy (non-hydrogen) atoms. The number of nitrogens with zero attached hydrogens (tertiary/aromatic N) is 3. The molecule has 2 bridgehead atoms. The lowest BCUT2D eigenvalue weighted by Crippen LogP contribution is -2.70. The fourth-order valence-corrected chi connectivity index (χ4v) is 8.23. The van der Waals surface area contributed by atoms with Crippen molar-refractivity contribution in [2.75, 3.05) is 39.4 Å². The van der Waals surface area contributed by atoms with Crippen molar-refractivity contribution in [3.63, 3.8) is 0 Å². The van der Waals surface area contributed by atoms with Crippen molar-refractivity contribution >= 4 is 33.6 Å². The molecular formula is C31H31ClF2N4O7S. The Labute approximate surface area is 269 Å². The maximum atomic E-state index is 15.3. The maximum Gasteiger partial charge on any atom is 0.320 e. The van der Waals surface area contributed by atoms with Crippen LogP contribution in [0.2, 0.25) is 5.02 Å². The second-order valence-corrected chi connectivity index (χ2v) is 13.5. The van der Waals surface area contributed by atoms with Gasteiger partial charge in [0.1, 0.15) is 11.3 Å². The fourth-order valence-electron chi connectivity index (χ4n) is 6.11. The molecular weight excluding hydrogens is 646 g/mol. The molecule has 244 valence electrons. The van der Waals surface area contributed by atoms with Gasteiger partial charge in [-0.25, -0.2) is 27.5 Å². The number of halogens is 3. The van der Waals surface area contributed by atoms with E-state index >= 15 is 8.78 Å². The second kappa shape index (κ2) is 13.1. The number of ether oxygens (including phenoxy) is 2. The molecule has 6 rings (SSSR count). The molecule has 0 radical (unpaired) electrons. The third-order valence-electron chi connectivity index (χ3n) is 8.31.